The number of halogens is 3. The maximum Gasteiger partial charge on any atom is 0.306 e. The van der Waals surface area contributed by atoms with Gasteiger partial charge in [-0.2, -0.15) is 17.2 Å². The monoisotopic (exact) mass is 252 g/mol. The van der Waals surface area contributed by atoms with Crippen molar-refractivity contribution in [3.05, 3.63) is 35.4 Å². The van der Waals surface area contributed by atoms with Gasteiger partial charge in [0.1, 0.15) is 4.90 Å². The molecular formula is C9H7F3O3S. The second kappa shape index (κ2) is 4.26. The molecule has 0 aromatic heterocycles. The van der Waals surface area contributed by atoms with Crippen molar-refractivity contribution in [3.8, 4) is 0 Å². The minimum Gasteiger partial charge on any atom is -0.282 e. The molecule has 0 saturated carbocycles. The highest BCUT2D eigenvalue weighted by molar-refractivity contribution is 7.85. The van der Waals surface area contributed by atoms with Crippen LogP contribution in [0.1, 0.15) is 11.1 Å². The van der Waals surface area contributed by atoms with E-state index in [1.165, 1.54) is 13.0 Å². The van der Waals surface area contributed by atoms with E-state index in [9.17, 15) is 21.6 Å². The molecule has 0 fully saturated rings. The van der Waals surface area contributed by atoms with Crippen LogP contribution in [0.3, 0.4) is 0 Å². The first-order chi connectivity index (χ1) is 7.23. The maximum atomic E-state index is 13.0. The second-order valence-corrected chi connectivity index (χ2v) is 4.44. The predicted octanol–water partition coefficient (Wildman–Crippen LogP) is 2.78. The summed E-state index contributed by atoms with van der Waals surface area (Å²) in [6.45, 7) is 1.47. The van der Waals surface area contributed by atoms with Crippen LogP contribution in [0.4, 0.5) is 13.2 Å². The summed E-state index contributed by atoms with van der Waals surface area (Å²) in [4.78, 5) is -0.886. The molecule has 88 valence electrons. The van der Waals surface area contributed by atoms with E-state index in [1.807, 2.05) is 0 Å². The van der Waals surface area contributed by atoms with E-state index >= 15 is 0 Å². The molecule has 16 heavy (non-hydrogen) atoms. The number of aryl methyl sites for hydroxylation is 1. The molecule has 0 aliphatic rings. The number of benzene rings is 1. The molecule has 0 radical (unpaired) electrons. The highest BCUT2D eigenvalue weighted by Crippen LogP contribution is 2.28. The molecule has 1 rings (SSSR count). The second-order valence-electron chi connectivity index (χ2n) is 3.05. The van der Waals surface area contributed by atoms with E-state index < -0.39 is 32.5 Å². The van der Waals surface area contributed by atoms with E-state index in [2.05, 4.69) is 0 Å². The zero-order valence-electron chi connectivity index (χ0n) is 8.04. The van der Waals surface area contributed by atoms with Gasteiger partial charge in [0.25, 0.3) is 10.1 Å². The summed E-state index contributed by atoms with van der Waals surface area (Å²) in [5, 5.41) is 0. The smallest absolute Gasteiger partial charge is 0.282 e. The van der Waals surface area contributed by atoms with Gasteiger partial charge in [-0.3, -0.25) is 4.55 Å². The van der Waals surface area contributed by atoms with Gasteiger partial charge in [-0.15, -0.1) is 0 Å². The highest BCUT2D eigenvalue weighted by Gasteiger charge is 2.21. The SMILES string of the molecule is Cc1ccc(S(=O)(=O)O)c(C(F)=C(F)F)c1. The number of hydrogen-bond donors (Lipinski definition) is 1. The Balaban J connectivity index is 3.61. The van der Waals surface area contributed by atoms with Gasteiger partial charge in [-0.25, -0.2) is 4.39 Å². The quantitative estimate of drug-likeness (QED) is 0.823. The van der Waals surface area contributed by atoms with Gasteiger partial charge < -0.3 is 0 Å². The van der Waals surface area contributed by atoms with Crippen LogP contribution in [0.25, 0.3) is 5.83 Å². The molecule has 1 aromatic rings. The van der Waals surface area contributed by atoms with E-state index in [0.29, 0.717) is 5.56 Å². The van der Waals surface area contributed by atoms with Crippen LogP contribution in [-0.2, 0) is 10.1 Å². The molecule has 0 atom stereocenters. The fourth-order valence-corrected chi connectivity index (χ4v) is 1.81. The van der Waals surface area contributed by atoms with Gasteiger partial charge in [0.2, 0.25) is 0 Å². The van der Waals surface area contributed by atoms with Crippen LogP contribution in [0.5, 0.6) is 0 Å². The Hall–Kier alpha value is -1.34. The van der Waals surface area contributed by atoms with Crippen molar-refractivity contribution in [2.75, 3.05) is 0 Å². The van der Waals surface area contributed by atoms with Crippen molar-refractivity contribution in [1.29, 1.82) is 0 Å². The van der Waals surface area contributed by atoms with Gasteiger partial charge in [0.05, 0.1) is 0 Å². The van der Waals surface area contributed by atoms with E-state index in [4.69, 9.17) is 4.55 Å². The minimum absolute atomic E-state index is 0.388. The van der Waals surface area contributed by atoms with Gasteiger partial charge in [0, 0.05) is 5.56 Å². The van der Waals surface area contributed by atoms with E-state index in [-0.39, 0.29) is 0 Å². The topological polar surface area (TPSA) is 54.4 Å². The van der Waals surface area contributed by atoms with Crippen LogP contribution >= 0.6 is 0 Å². The maximum absolute atomic E-state index is 13.0. The van der Waals surface area contributed by atoms with Crippen LogP contribution in [0, 0.1) is 6.92 Å². The Morgan fingerprint density at radius 3 is 2.25 bits per heavy atom. The highest BCUT2D eigenvalue weighted by atomic mass is 32.2. The summed E-state index contributed by atoms with van der Waals surface area (Å²) in [6, 6.07) is 3.04. The molecule has 0 bridgehead atoms. The Morgan fingerprint density at radius 1 is 1.25 bits per heavy atom. The summed E-state index contributed by atoms with van der Waals surface area (Å²) in [6.07, 6.45) is -2.64. The van der Waals surface area contributed by atoms with Crippen molar-refractivity contribution in [1.82, 2.24) is 0 Å². The van der Waals surface area contributed by atoms with Crippen LogP contribution in [0.2, 0.25) is 0 Å². The van der Waals surface area contributed by atoms with Crippen molar-refractivity contribution >= 4 is 15.9 Å². The normalized spacial score (nSPS) is 11.3. The van der Waals surface area contributed by atoms with Gasteiger partial charge >= 0.3 is 6.08 Å². The molecule has 0 unspecified atom stereocenters. The molecule has 1 N–H and O–H groups in total. The molecule has 0 amide bonds. The van der Waals surface area contributed by atoms with E-state index in [1.54, 1.807) is 0 Å². The molecule has 0 spiro atoms. The van der Waals surface area contributed by atoms with Gasteiger partial charge in [-0.05, 0) is 19.1 Å². The summed E-state index contributed by atoms with van der Waals surface area (Å²) in [5.41, 5.74) is -0.457. The molecule has 0 heterocycles. The van der Waals surface area contributed by atoms with Gasteiger partial charge in [0.15, 0.2) is 5.83 Å². The average Bonchev–Trinajstić information content (AvgIpc) is 2.14. The van der Waals surface area contributed by atoms with Crippen molar-refractivity contribution in [3.63, 3.8) is 0 Å². The van der Waals surface area contributed by atoms with Crippen molar-refractivity contribution < 1.29 is 26.1 Å². The molecule has 3 nitrogen and oxygen atoms in total. The minimum atomic E-state index is -4.74. The molecular weight excluding hydrogens is 245 g/mol. The van der Waals surface area contributed by atoms with Crippen molar-refractivity contribution in [2.45, 2.75) is 11.8 Å². The lowest BCUT2D eigenvalue weighted by Gasteiger charge is -2.05. The number of rotatable bonds is 2. The average molecular weight is 252 g/mol. The predicted molar refractivity (Wildman–Crippen MR) is 51.2 cm³/mol. The van der Waals surface area contributed by atoms with Crippen LogP contribution in [0.15, 0.2) is 29.2 Å². The van der Waals surface area contributed by atoms with Crippen molar-refractivity contribution in [2.24, 2.45) is 0 Å². The number of hydrogen-bond acceptors (Lipinski definition) is 2. The largest absolute Gasteiger partial charge is 0.306 e. The van der Waals surface area contributed by atoms with Gasteiger partial charge in [-0.1, -0.05) is 11.6 Å². The van der Waals surface area contributed by atoms with Crippen LogP contribution in [-0.4, -0.2) is 13.0 Å². The Kier molecular flexibility index (Phi) is 3.39. The fraction of sp³-hybridized carbons (Fsp3) is 0.111. The third-order valence-electron chi connectivity index (χ3n) is 1.82. The standard InChI is InChI=1S/C9H7F3O3S/c1-5-2-3-7(16(13,14)15)6(4-5)8(10)9(11)12/h2-4H,1H3,(H,13,14,15). The van der Waals surface area contributed by atoms with E-state index in [0.717, 1.165) is 12.1 Å². The first-order valence-electron chi connectivity index (χ1n) is 4.03. The summed E-state index contributed by atoms with van der Waals surface area (Å²) in [7, 11) is -4.74. The Morgan fingerprint density at radius 2 is 1.81 bits per heavy atom. The molecule has 7 heteroatoms. The summed E-state index contributed by atoms with van der Waals surface area (Å²) >= 11 is 0. The Labute approximate surface area is 90.0 Å². The molecule has 1 aromatic carbocycles. The fourth-order valence-electron chi connectivity index (χ4n) is 1.14. The third kappa shape index (κ3) is 2.61. The zero-order valence-corrected chi connectivity index (χ0v) is 8.85. The summed E-state index contributed by atoms with van der Waals surface area (Å²) in [5.74, 6) is -1.96. The lowest BCUT2D eigenvalue weighted by atomic mass is 10.1. The summed E-state index contributed by atoms with van der Waals surface area (Å²) < 4.78 is 67.4. The lowest BCUT2D eigenvalue weighted by molar-refractivity contribution is 0.410. The Bertz CT molecular complexity index is 545. The first-order valence-corrected chi connectivity index (χ1v) is 5.47. The van der Waals surface area contributed by atoms with Crippen LogP contribution < -0.4 is 0 Å². The first kappa shape index (κ1) is 12.7. The molecule has 0 aliphatic carbocycles. The molecule has 0 saturated heterocycles. The zero-order chi connectivity index (χ0) is 12.5. The lowest BCUT2D eigenvalue weighted by Crippen LogP contribution is -2.02. The molecule has 0 aliphatic heterocycles. The third-order valence-corrected chi connectivity index (χ3v) is 2.73.